The van der Waals surface area contributed by atoms with E-state index in [4.69, 9.17) is 30.8 Å². The van der Waals surface area contributed by atoms with Crippen LogP contribution in [-0.4, -0.2) is 107 Å². The number of hydrogen-bond acceptors (Lipinski definition) is 12. The highest BCUT2D eigenvalue weighted by molar-refractivity contribution is 7.81. The number of unbranched alkanes of at least 4 members (excludes halogenated alkanes) is 1. The van der Waals surface area contributed by atoms with E-state index < -0.39 is 70.1 Å². The lowest BCUT2D eigenvalue weighted by molar-refractivity contribution is -0.144. The average Bonchev–Trinajstić information content (AvgIpc) is 4.03. The molecule has 6 rings (SSSR count). The Morgan fingerprint density at radius 3 is 2.28 bits per heavy atom. The number of β-amino-alcohol motifs (C(OH)–C–C–N with tert-alkyl or cyclic N) is 1. The number of benzene rings is 3. The Morgan fingerprint density at radius 2 is 1.64 bits per heavy atom. The van der Waals surface area contributed by atoms with Gasteiger partial charge in [0.2, 0.25) is 17.7 Å². The van der Waals surface area contributed by atoms with E-state index in [2.05, 4.69) is 15.6 Å². The molecule has 0 unspecified atom stereocenters. The van der Waals surface area contributed by atoms with E-state index in [1.807, 2.05) is 45.0 Å². The second-order valence-electron chi connectivity index (χ2n) is 18.3. The highest BCUT2D eigenvalue weighted by Gasteiger charge is 2.51. The molecule has 4 aromatic rings. The van der Waals surface area contributed by atoms with Crippen LogP contribution in [0.1, 0.15) is 77.0 Å². The number of likely N-dealkylation sites (tertiary alicyclic amines) is 1. The number of nitriles is 1. The molecule has 2 aliphatic heterocycles. The first-order valence-electron chi connectivity index (χ1n) is 22.4. The first-order valence-corrected chi connectivity index (χ1v) is 22.8. The fourth-order valence-corrected chi connectivity index (χ4v) is 8.47. The molecule has 2 fully saturated rings. The number of rotatable bonds is 20. The Balaban J connectivity index is 0.865. The van der Waals surface area contributed by atoms with Gasteiger partial charge < -0.3 is 44.2 Å². The molecule has 1 aromatic heterocycles. The third-order valence-corrected chi connectivity index (χ3v) is 12.0. The molecule has 3 N–H and O–H groups in total. The van der Waals surface area contributed by atoms with Crippen molar-refractivity contribution in [2.75, 3.05) is 49.4 Å². The van der Waals surface area contributed by atoms with Gasteiger partial charge in [-0.25, -0.2) is 4.98 Å². The molecule has 4 amide bonds. The predicted molar refractivity (Wildman–Crippen MR) is 252 cm³/mol. The fraction of sp³-hybridized carbons (Fsp3) is 0.449. The summed E-state index contributed by atoms with van der Waals surface area (Å²) < 4.78 is 63.6. The highest BCUT2D eigenvalue weighted by atomic mass is 32.1. The molecule has 3 heterocycles. The lowest BCUT2D eigenvalue weighted by Gasteiger charge is -2.35. The zero-order valence-corrected chi connectivity index (χ0v) is 39.8. The first kappa shape index (κ1) is 52.0. The minimum atomic E-state index is -4.80. The number of aliphatic hydroxyl groups excluding tert-OH is 1. The highest BCUT2D eigenvalue weighted by Crippen LogP contribution is 2.40. The molecular formula is C49H56F3N7O9S. The molecule has 0 saturated carbocycles. The van der Waals surface area contributed by atoms with Crippen LogP contribution in [0.15, 0.2) is 83.7 Å². The van der Waals surface area contributed by atoms with Crippen molar-refractivity contribution in [1.82, 2.24) is 20.5 Å². The summed E-state index contributed by atoms with van der Waals surface area (Å²) in [6, 6.07) is 16.9. The maximum Gasteiger partial charge on any atom is 0.417 e. The summed E-state index contributed by atoms with van der Waals surface area (Å²) in [5.41, 5.74) is -1.56. The van der Waals surface area contributed by atoms with E-state index in [0.717, 1.165) is 28.2 Å². The second kappa shape index (κ2) is 22.4. The van der Waals surface area contributed by atoms with Gasteiger partial charge in [-0.3, -0.25) is 24.1 Å². The number of aromatic nitrogens is 1. The summed E-state index contributed by atoms with van der Waals surface area (Å²) in [4.78, 5) is 61.6. The average molecular weight is 976 g/mol. The Labute approximate surface area is 403 Å². The number of carbonyl (C=O) groups excluding carboxylic acids is 4. The number of oxazole rings is 1. The zero-order valence-electron chi connectivity index (χ0n) is 39.0. The first-order chi connectivity index (χ1) is 32.7. The van der Waals surface area contributed by atoms with Crippen LogP contribution in [0.2, 0.25) is 0 Å². The molecule has 368 valence electrons. The Hall–Kier alpha value is -6.40. The van der Waals surface area contributed by atoms with Crippen LogP contribution in [0.4, 0.5) is 24.5 Å². The zero-order chi connectivity index (χ0) is 50.1. The van der Waals surface area contributed by atoms with E-state index in [-0.39, 0.29) is 43.5 Å². The predicted octanol–water partition coefficient (Wildman–Crippen LogP) is 6.54. The van der Waals surface area contributed by atoms with Gasteiger partial charge in [0.15, 0.2) is 17.3 Å². The number of ether oxygens (including phenoxy) is 3. The number of aliphatic hydroxyl groups is 1. The van der Waals surface area contributed by atoms with Crippen molar-refractivity contribution in [1.29, 1.82) is 5.26 Å². The number of nitrogens with zero attached hydrogens (tertiary/aromatic N) is 5. The largest absolute Gasteiger partial charge is 0.494 e. The van der Waals surface area contributed by atoms with E-state index >= 15 is 0 Å². The third-order valence-electron chi connectivity index (χ3n) is 11.6. The van der Waals surface area contributed by atoms with Crippen LogP contribution in [0, 0.1) is 16.7 Å². The van der Waals surface area contributed by atoms with Gasteiger partial charge in [0.1, 0.15) is 30.0 Å². The van der Waals surface area contributed by atoms with Crippen molar-refractivity contribution in [2.24, 2.45) is 5.41 Å². The SMILES string of the molecule is CC(C)(C)[C@H](NC(=O)COCCCCOCCCOc1ccc(N2C(=S)N(c3ccc(C#N)c(C(F)(F)F)c3)C(=O)C2(C)C)cc1)C(=O)N1C[C@H](O)C[C@H]1C(=O)NCc1ccc(-c2cnco2)cc1. The summed E-state index contributed by atoms with van der Waals surface area (Å²) in [5.74, 6) is -0.726. The molecule has 3 aromatic carbocycles. The lowest BCUT2D eigenvalue weighted by Crippen LogP contribution is -2.58. The normalized spacial score (nSPS) is 17.5. The third kappa shape index (κ3) is 12.8. The van der Waals surface area contributed by atoms with Crippen molar-refractivity contribution in [3.63, 3.8) is 0 Å². The summed E-state index contributed by atoms with van der Waals surface area (Å²) in [7, 11) is 0. The van der Waals surface area contributed by atoms with Crippen LogP contribution < -0.4 is 25.2 Å². The smallest absolute Gasteiger partial charge is 0.417 e. The second-order valence-corrected chi connectivity index (χ2v) is 18.6. The van der Waals surface area contributed by atoms with Crippen molar-refractivity contribution < 1.29 is 56.1 Å². The topological polar surface area (TPSA) is 200 Å². The van der Waals surface area contributed by atoms with Gasteiger partial charge in [0, 0.05) is 57.0 Å². The van der Waals surface area contributed by atoms with Crippen molar-refractivity contribution >= 4 is 52.3 Å². The van der Waals surface area contributed by atoms with E-state index in [1.165, 1.54) is 17.4 Å². The molecule has 16 nitrogen and oxygen atoms in total. The summed E-state index contributed by atoms with van der Waals surface area (Å²) in [6.07, 6.45) is -0.803. The molecule has 0 aliphatic carbocycles. The Morgan fingerprint density at radius 1 is 0.971 bits per heavy atom. The van der Waals surface area contributed by atoms with E-state index in [1.54, 1.807) is 55.3 Å². The Bertz CT molecular complexity index is 2490. The van der Waals surface area contributed by atoms with Gasteiger partial charge in [-0.2, -0.15) is 18.4 Å². The number of nitrogens with one attached hydrogen (secondary N) is 2. The maximum absolute atomic E-state index is 13.9. The number of carbonyl (C=O) groups is 4. The Kier molecular flexibility index (Phi) is 16.8. The van der Waals surface area contributed by atoms with Gasteiger partial charge in [0.05, 0.1) is 41.8 Å². The van der Waals surface area contributed by atoms with Gasteiger partial charge >= 0.3 is 6.18 Å². The van der Waals surface area contributed by atoms with Crippen LogP contribution in [0.25, 0.3) is 11.3 Å². The van der Waals surface area contributed by atoms with E-state index in [9.17, 15) is 42.7 Å². The minimum Gasteiger partial charge on any atom is -0.494 e. The quantitative estimate of drug-likeness (QED) is 0.0638. The van der Waals surface area contributed by atoms with Crippen LogP contribution in [0.5, 0.6) is 5.75 Å². The molecule has 3 atom stereocenters. The number of amides is 4. The molecule has 20 heteroatoms. The van der Waals surface area contributed by atoms with Gasteiger partial charge in [-0.1, -0.05) is 45.0 Å². The number of halogens is 3. The molecule has 69 heavy (non-hydrogen) atoms. The fourth-order valence-electron chi connectivity index (χ4n) is 7.95. The molecule has 0 radical (unpaired) electrons. The minimum absolute atomic E-state index is 0.0111. The van der Waals surface area contributed by atoms with Crippen molar-refractivity contribution in [3.05, 3.63) is 96.0 Å². The van der Waals surface area contributed by atoms with Crippen LogP contribution in [-0.2, 0) is 41.4 Å². The van der Waals surface area contributed by atoms with E-state index in [0.29, 0.717) is 56.3 Å². The van der Waals surface area contributed by atoms with Crippen molar-refractivity contribution in [2.45, 2.75) is 96.7 Å². The van der Waals surface area contributed by atoms with Crippen molar-refractivity contribution in [3.8, 4) is 23.1 Å². The number of anilines is 2. The molecular weight excluding hydrogens is 920 g/mol. The van der Waals surface area contributed by atoms with Gasteiger partial charge in [0.25, 0.3) is 5.91 Å². The monoisotopic (exact) mass is 975 g/mol. The molecule has 0 spiro atoms. The lowest BCUT2D eigenvalue weighted by atomic mass is 9.85. The molecule has 0 bridgehead atoms. The maximum atomic E-state index is 13.9. The summed E-state index contributed by atoms with van der Waals surface area (Å²) >= 11 is 5.61. The van der Waals surface area contributed by atoms with Gasteiger partial charge in [-0.15, -0.1) is 0 Å². The molecule has 2 aliphatic rings. The van der Waals surface area contributed by atoms with Crippen LogP contribution in [0.3, 0.4) is 0 Å². The number of hydrogen-bond donors (Lipinski definition) is 3. The molecule has 2 saturated heterocycles. The summed E-state index contributed by atoms with van der Waals surface area (Å²) in [6.45, 7) is 10.1. The van der Waals surface area contributed by atoms with Crippen LogP contribution >= 0.6 is 12.2 Å². The standard InChI is InChI=1S/C49H56F3N7O9S/c1-47(2,3)42(44(63)57-28-36(60)24-39(57)43(62)55-26-31-9-11-32(12-10-31)40-27-54-30-68-40)56-41(61)29-66-20-7-6-19-65-21-8-22-67-37-17-15-34(16-18-37)59-46(69)58(45(64)48(59,4)5)35-14-13-33(25-53)38(23-35)49(50,51)52/h9-18,23,27,30,36,39,42,60H,6-8,19-22,24,26,28-29H2,1-5H3,(H,55,62)(H,56,61)/t36-,39+,42-/m1/s1. The number of thiocarbonyl (C=S) groups is 1. The summed E-state index contributed by atoms with van der Waals surface area (Å²) in [5, 5.41) is 25.4. The van der Waals surface area contributed by atoms with Gasteiger partial charge in [-0.05, 0) is 92.4 Å². The number of alkyl halides is 3.